The highest BCUT2D eigenvalue weighted by molar-refractivity contribution is 14.1. The van der Waals surface area contributed by atoms with Gasteiger partial charge in [-0.2, -0.15) is 5.10 Å². The molecule has 13 heavy (non-hydrogen) atoms. The zero-order valence-electron chi connectivity index (χ0n) is 6.68. The molecular formula is C8H5BrFIN2. The van der Waals surface area contributed by atoms with Crippen molar-refractivity contribution < 1.29 is 4.39 Å². The SMILES string of the molecule is Cn1nc(I)c2c(F)cc(Br)cc21. The fourth-order valence-electron chi connectivity index (χ4n) is 1.26. The van der Waals surface area contributed by atoms with E-state index in [1.54, 1.807) is 11.7 Å². The molecule has 0 spiro atoms. The van der Waals surface area contributed by atoms with Crippen LogP contribution >= 0.6 is 38.5 Å². The van der Waals surface area contributed by atoms with Gasteiger partial charge in [0.25, 0.3) is 0 Å². The highest BCUT2D eigenvalue weighted by Crippen LogP contribution is 2.26. The summed E-state index contributed by atoms with van der Waals surface area (Å²) in [4.78, 5) is 0. The highest BCUT2D eigenvalue weighted by Gasteiger charge is 2.11. The second-order valence-corrected chi connectivity index (χ2v) is 4.63. The minimum atomic E-state index is -0.234. The van der Waals surface area contributed by atoms with Crippen LogP contribution in [-0.2, 0) is 7.05 Å². The van der Waals surface area contributed by atoms with E-state index >= 15 is 0 Å². The lowest BCUT2D eigenvalue weighted by atomic mass is 10.2. The van der Waals surface area contributed by atoms with Crippen molar-refractivity contribution in [3.05, 3.63) is 26.1 Å². The number of aryl methyl sites for hydroxylation is 1. The minimum Gasteiger partial charge on any atom is -0.267 e. The molecule has 0 aliphatic heterocycles. The number of rotatable bonds is 0. The molecule has 1 aromatic carbocycles. The van der Waals surface area contributed by atoms with E-state index in [0.29, 0.717) is 9.09 Å². The Morgan fingerprint density at radius 2 is 2.23 bits per heavy atom. The van der Waals surface area contributed by atoms with E-state index in [2.05, 4.69) is 21.0 Å². The molecule has 0 amide bonds. The zero-order chi connectivity index (χ0) is 9.59. The van der Waals surface area contributed by atoms with Crippen LogP contribution in [0.25, 0.3) is 10.9 Å². The molecule has 0 fully saturated rings. The van der Waals surface area contributed by atoms with Crippen LogP contribution in [0.5, 0.6) is 0 Å². The number of hydrogen-bond acceptors (Lipinski definition) is 1. The third-order valence-electron chi connectivity index (χ3n) is 1.83. The lowest BCUT2D eigenvalue weighted by molar-refractivity contribution is 0.638. The van der Waals surface area contributed by atoms with Crippen LogP contribution in [-0.4, -0.2) is 9.78 Å². The van der Waals surface area contributed by atoms with Gasteiger partial charge in [-0.1, -0.05) is 15.9 Å². The number of fused-ring (bicyclic) bond motifs is 1. The van der Waals surface area contributed by atoms with Crippen LogP contribution in [0, 0.1) is 9.52 Å². The van der Waals surface area contributed by atoms with Crippen LogP contribution < -0.4 is 0 Å². The molecule has 68 valence electrons. The number of nitrogens with zero attached hydrogens (tertiary/aromatic N) is 2. The summed E-state index contributed by atoms with van der Waals surface area (Å²) in [7, 11) is 1.80. The van der Waals surface area contributed by atoms with Crippen molar-refractivity contribution in [2.45, 2.75) is 0 Å². The molecule has 1 heterocycles. The van der Waals surface area contributed by atoms with Gasteiger partial charge in [0.1, 0.15) is 9.52 Å². The van der Waals surface area contributed by atoms with E-state index in [1.165, 1.54) is 6.07 Å². The molecule has 0 N–H and O–H groups in total. The number of hydrogen-bond donors (Lipinski definition) is 0. The molecule has 1 aromatic heterocycles. The average molecular weight is 355 g/mol. The maximum Gasteiger partial charge on any atom is 0.136 e. The lowest BCUT2D eigenvalue weighted by Gasteiger charge is -1.96. The Morgan fingerprint density at radius 1 is 1.54 bits per heavy atom. The monoisotopic (exact) mass is 354 g/mol. The molecule has 2 rings (SSSR count). The maximum atomic E-state index is 13.4. The molecule has 0 saturated heterocycles. The van der Waals surface area contributed by atoms with Gasteiger partial charge in [0.2, 0.25) is 0 Å². The smallest absolute Gasteiger partial charge is 0.136 e. The normalized spacial score (nSPS) is 11.1. The Hall–Kier alpha value is -0.170. The molecule has 0 aliphatic rings. The molecule has 2 nitrogen and oxygen atoms in total. The van der Waals surface area contributed by atoms with Crippen LogP contribution in [0.15, 0.2) is 16.6 Å². The molecule has 0 saturated carbocycles. The molecule has 0 unspecified atom stereocenters. The topological polar surface area (TPSA) is 17.8 Å². The summed E-state index contributed by atoms with van der Waals surface area (Å²) < 4.78 is 16.5. The van der Waals surface area contributed by atoms with Gasteiger partial charge in [-0.05, 0) is 34.7 Å². The van der Waals surface area contributed by atoms with Crippen molar-refractivity contribution in [3.63, 3.8) is 0 Å². The first-order valence-electron chi connectivity index (χ1n) is 3.57. The van der Waals surface area contributed by atoms with E-state index in [-0.39, 0.29) is 5.82 Å². The third kappa shape index (κ3) is 1.48. The van der Waals surface area contributed by atoms with Gasteiger partial charge in [0.05, 0.1) is 10.9 Å². The van der Waals surface area contributed by atoms with Crippen molar-refractivity contribution in [2.24, 2.45) is 7.05 Å². The van der Waals surface area contributed by atoms with E-state index in [1.807, 2.05) is 28.7 Å². The highest BCUT2D eigenvalue weighted by atomic mass is 127. The summed E-state index contributed by atoms with van der Waals surface area (Å²) in [6.45, 7) is 0. The summed E-state index contributed by atoms with van der Waals surface area (Å²) >= 11 is 5.27. The number of halogens is 3. The molecular weight excluding hydrogens is 350 g/mol. The van der Waals surface area contributed by atoms with E-state index in [0.717, 1.165) is 9.99 Å². The van der Waals surface area contributed by atoms with E-state index in [4.69, 9.17) is 0 Å². The Morgan fingerprint density at radius 3 is 2.92 bits per heavy atom. The summed E-state index contributed by atoms with van der Waals surface area (Å²) in [6.07, 6.45) is 0. The van der Waals surface area contributed by atoms with Gasteiger partial charge >= 0.3 is 0 Å². The fourth-order valence-corrected chi connectivity index (χ4v) is 2.53. The predicted octanol–water partition coefficient (Wildman–Crippen LogP) is 3.08. The van der Waals surface area contributed by atoms with Crippen molar-refractivity contribution in [2.75, 3.05) is 0 Å². The fraction of sp³-hybridized carbons (Fsp3) is 0.125. The van der Waals surface area contributed by atoms with Gasteiger partial charge in [-0.15, -0.1) is 0 Å². The van der Waals surface area contributed by atoms with Crippen molar-refractivity contribution in [1.82, 2.24) is 9.78 Å². The standard InChI is InChI=1S/C8H5BrFIN2/c1-13-6-3-4(9)2-5(10)7(6)8(11)12-13/h2-3H,1H3. The molecule has 0 atom stereocenters. The van der Waals surface area contributed by atoms with Gasteiger partial charge in [-0.3, -0.25) is 4.68 Å². The van der Waals surface area contributed by atoms with E-state index in [9.17, 15) is 4.39 Å². The van der Waals surface area contributed by atoms with Crippen molar-refractivity contribution in [3.8, 4) is 0 Å². The second-order valence-electron chi connectivity index (χ2n) is 2.70. The van der Waals surface area contributed by atoms with Crippen molar-refractivity contribution >= 4 is 49.4 Å². The van der Waals surface area contributed by atoms with Gasteiger partial charge < -0.3 is 0 Å². The van der Waals surface area contributed by atoms with Crippen LogP contribution in [0.1, 0.15) is 0 Å². The lowest BCUT2D eigenvalue weighted by Crippen LogP contribution is -1.89. The maximum absolute atomic E-state index is 13.4. The first-order chi connectivity index (χ1) is 6.09. The summed E-state index contributed by atoms with van der Waals surface area (Å²) in [6, 6.07) is 3.31. The average Bonchev–Trinajstić information content (AvgIpc) is 2.27. The van der Waals surface area contributed by atoms with Gasteiger partial charge in [0.15, 0.2) is 0 Å². The Balaban J connectivity index is 2.97. The molecule has 0 aliphatic carbocycles. The third-order valence-corrected chi connectivity index (χ3v) is 3.04. The van der Waals surface area contributed by atoms with Gasteiger partial charge in [-0.25, -0.2) is 4.39 Å². The summed E-state index contributed by atoms with van der Waals surface area (Å²) in [5.41, 5.74) is 0.802. The first-order valence-corrected chi connectivity index (χ1v) is 5.44. The van der Waals surface area contributed by atoms with Crippen LogP contribution in [0.4, 0.5) is 4.39 Å². The largest absolute Gasteiger partial charge is 0.267 e. The Bertz CT molecular complexity index is 480. The Kier molecular flexibility index (Phi) is 2.31. The minimum absolute atomic E-state index is 0.234. The predicted molar refractivity (Wildman–Crippen MR) is 61.1 cm³/mol. The Labute approximate surface area is 96.4 Å². The second kappa shape index (κ2) is 3.20. The number of aromatic nitrogens is 2. The molecule has 5 heteroatoms. The first kappa shape index (κ1) is 9.39. The van der Waals surface area contributed by atoms with Crippen LogP contribution in [0.2, 0.25) is 0 Å². The van der Waals surface area contributed by atoms with Crippen LogP contribution in [0.3, 0.4) is 0 Å². The molecule has 0 bridgehead atoms. The summed E-state index contributed by atoms with van der Waals surface area (Å²) in [5, 5.41) is 4.72. The summed E-state index contributed by atoms with van der Waals surface area (Å²) in [5.74, 6) is -0.234. The quantitative estimate of drug-likeness (QED) is 0.665. The van der Waals surface area contributed by atoms with E-state index < -0.39 is 0 Å². The number of benzene rings is 1. The van der Waals surface area contributed by atoms with Gasteiger partial charge in [0, 0.05) is 11.5 Å². The zero-order valence-corrected chi connectivity index (χ0v) is 10.4. The molecule has 2 aromatic rings. The van der Waals surface area contributed by atoms with Crippen molar-refractivity contribution in [1.29, 1.82) is 0 Å². The molecule has 0 radical (unpaired) electrons.